The Hall–Kier alpha value is -2.22. The molecule has 2 aromatic rings. The topological polar surface area (TPSA) is 70.7 Å². The Kier molecular flexibility index (Phi) is 6.98. The summed E-state index contributed by atoms with van der Waals surface area (Å²) in [5.74, 6) is -1.23. The molecule has 3 rings (SSSR count). The number of carbonyl (C=O) groups is 2. The minimum Gasteiger partial charge on any atom is -0.383 e. The average Bonchev–Trinajstić information content (AvgIpc) is 3.22. The number of carbonyl (C=O) groups excluding carboxylic acids is 2. The highest BCUT2D eigenvalue weighted by molar-refractivity contribution is 7.08. The summed E-state index contributed by atoms with van der Waals surface area (Å²) in [5, 5.41) is 9.49. The fraction of sp³-hybridized carbons (Fsp3) is 0.400. The van der Waals surface area contributed by atoms with Crippen molar-refractivity contribution < 1.29 is 14.3 Å². The van der Waals surface area contributed by atoms with Crippen LogP contribution in [0.4, 0.5) is 0 Å². The van der Waals surface area contributed by atoms with Crippen molar-refractivity contribution in [3.05, 3.63) is 57.8 Å². The highest BCUT2D eigenvalue weighted by Crippen LogP contribution is 2.28. The van der Waals surface area contributed by atoms with Gasteiger partial charge in [-0.2, -0.15) is 11.3 Å². The largest absolute Gasteiger partial charge is 0.383 e. The van der Waals surface area contributed by atoms with Crippen LogP contribution < -0.4 is 10.6 Å². The van der Waals surface area contributed by atoms with Crippen molar-refractivity contribution in [2.24, 2.45) is 0 Å². The molecule has 1 aromatic heterocycles. The van der Waals surface area contributed by atoms with Crippen LogP contribution in [-0.4, -0.2) is 50.1 Å². The molecular weight excluding hydrogens is 362 g/mol. The zero-order valence-corrected chi connectivity index (χ0v) is 16.3. The van der Waals surface area contributed by atoms with E-state index < -0.39 is 11.8 Å². The van der Waals surface area contributed by atoms with Gasteiger partial charge >= 0.3 is 11.8 Å². The molecule has 0 aliphatic carbocycles. The predicted molar refractivity (Wildman–Crippen MR) is 106 cm³/mol. The molecule has 1 aliphatic heterocycles. The molecule has 0 spiro atoms. The van der Waals surface area contributed by atoms with Crippen molar-refractivity contribution in [2.75, 3.05) is 33.4 Å². The first kappa shape index (κ1) is 19.5. The quantitative estimate of drug-likeness (QED) is 0.561. The summed E-state index contributed by atoms with van der Waals surface area (Å²) in [6, 6.07) is 10.6. The molecule has 0 bridgehead atoms. The van der Waals surface area contributed by atoms with Gasteiger partial charge in [0.25, 0.3) is 0 Å². The second-order valence-corrected chi connectivity index (χ2v) is 7.30. The maximum absolute atomic E-state index is 12.1. The number of fused-ring (bicyclic) bond motifs is 1. The number of nitrogens with one attached hydrogen (secondary N) is 2. The van der Waals surface area contributed by atoms with Gasteiger partial charge in [-0.05, 0) is 39.9 Å². The normalized spacial score (nSPS) is 15.0. The zero-order valence-electron chi connectivity index (χ0n) is 15.4. The van der Waals surface area contributed by atoms with Crippen LogP contribution in [0.1, 0.15) is 22.7 Å². The minimum absolute atomic E-state index is 0.0420. The minimum atomic E-state index is -0.625. The van der Waals surface area contributed by atoms with Crippen LogP contribution in [0, 0.1) is 0 Å². The van der Waals surface area contributed by atoms with Crippen LogP contribution in [0.2, 0.25) is 0 Å². The monoisotopic (exact) mass is 387 g/mol. The van der Waals surface area contributed by atoms with Crippen molar-refractivity contribution in [1.82, 2.24) is 15.5 Å². The maximum atomic E-state index is 12.1. The number of nitrogens with zero attached hydrogens (tertiary/aromatic N) is 1. The molecule has 0 saturated carbocycles. The number of ether oxygens (including phenoxy) is 1. The molecule has 0 saturated heterocycles. The van der Waals surface area contributed by atoms with Crippen LogP contribution in [0.15, 0.2) is 41.1 Å². The average molecular weight is 388 g/mol. The van der Waals surface area contributed by atoms with Gasteiger partial charge in [0.2, 0.25) is 0 Å². The molecule has 144 valence electrons. The van der Waals surface area contributed by atoms with Gasteiger partial charge < -0.3 is 15.4 Å². The third-order valence-electron chi connectivity index (χ3n) is 4.78. The third kappa shape index (κ3) is 5.15. The number of methoxy groups -OCH3 is 1. The number of hydrogen-bond donors (Lipinski definition) is 2. The van der Waals surface area contributed by atoms with Crippen LogP contribution in [0.25, 0.3) is 0 Å². The molecule has 1 atom stereocenters. The summed E-state index contributed by atoms with van der Waals surface area (Å²) in [4.78, 5) is 26.3. The lowest BCUT2D eigenvalue weighted by Crippen LogP contribution is -2.45. The standard InChI is InChI=1S/C20H25N3O3S/c1-26-10-8-21-19(24)20(25)22-12-18(17-7-11-27-14-17)23-9-6-15-4-2-3-5-16(15)13-23/h2-5,7,11,14,18H,6,8-10,12-13H2,1H3,(H,21,24)(H,22,25). The van der Waals surface area contributed by atoms with Crippen molar-refractivity contribution >= 4 is 23.2 Å². The van der Waals surface area contributed by atoms with E-state index >= 15 is 0 Å². The van der Waals surface area contributed by atoms with E-state index in [-0.39, 0.29) is 6.04 Å². The first-order valence-corrected chi connectivity index (χ1v) is 10.0. The number of hydrogen-bond acceptors (Lipinski definition) is 5. The SMILES string of the molecule is COCCNC(=O)C(=O)NCC(c1ccsc1)N1CCc2ccccc2C1. The summed E-state index contributed by atoms with van der Waals surface area (Å²) < 4.78 is 4.88. The first-order chi connectivity index (χ1) is 13.2. The van der Waals surface area contributed by atoms with Gasteiger partial charge in [0.1, 0.15) is 0 Å². The smallest absolute Gasteiger partial charge is 0.309 e. The molecule has 27 heavy (non-hydrogen) atoms. The van der Waals surface area contributed by atoms with E-state index in [0.29, 0.717) is 19.7 Å². The Balaban J connectivity index is 1.63. The molecule has 7 heteroatoms. The Morgan fingerprint density at radius 1 is 1.19 bits per heavy atom. The van der Waals surface area contributed by atoms with Crippen molar-refractivity contribution in [2.45, 2.75) is 19.0 Å². The van der Waals surface area contributed by atoms with Crippen molar-refractivity contribution in [1.29, 1.82) is 0 Å². The van der Waals surface area contributed by atoms with Crippen molar-refractivity contribution in [3.63, 3.8) is 0 Å². The Morgan fingerprint density at radius 2 is 1.96 bits per heavy atom. The molecule has 2 amide bonds. The summed E-state index contributed by atoms with van der Waals surface area (Å²) in [5.41, 5.74) is 3.88. The van der Waals surface area contributed by atoms with Gasteiger partial charge in [-0.3, -0.25) is 14.5 Å². The Morgan fingerprint density at radius 3 is 2.70 bits per heavy atom. The van der Waals surface area contributed by atoms with E-state index in [1.807, 2.05) is 5.38 Å². The highest BCUT2D eigenvalue weighted by Gasteiger charge is 2.26. The zero-order chi connectivity index (χ0) is 19.1. The van der Waals surface area contributed by atoms with E-state index in [2.05, 4.69) is 51.2 Å². The number of thiophene rings is 1. The third-order valence-corrected chi connectivity index (χ3v) is 5.48. The van der Waals surface area contributed by atoms with Crippen LogP contribution >= 0.6 is 11.3 Å². The molecule has 1 aromatic carbocycles. The Labute approximate surface area is 163 Å². The first-order valence-electron chi connectivity index (χ1n) is 9.07. The summed E-state index contributed by atoms with van der Waals surface area (Å²) >= 11 is 1.64. The van der Waals surface area contributed by atoms with Crippen LogP contribution in [-0.2, 0) is 27.3 Å². The lowest BCUT2D eigenvalue weighted by molar-refractivity contribution is -0.139. The van der Waals surface area contributed by atoms with E-state index in [4.69, 9.17) is 4.74 Å². The molecule has 2 heterocycles. The predicted octanol–water partition coefficient (Wildman–Crippen LogP) is 1.73. The van der Waals surface area contributed by atoms with E-state index in [9.17, 15) is 9.59 Å². The molecule has 1 aliphatic rings. The van der Waals surface area contributed by atoms with Gasteiger partial charge in [-0.15, -0.1) is 0 Å². The molecule has 6 nitrogen and oxygen atoms in total. The fourth-order valence-electron chi connectivity index (χ4n) is 3.32. The van der Waals surface area contributed by atoms with Gasteiger partial charge in [0, 0.05) is 33.3 Å². The molecule has 1 unspecified atom stereocenters. The summed E-state index contributed by atoms with van der Waals surface area (Å²) in [6.45, 7) is 2.86. The number of amides is 2. The molecule has 0 radical (unpaired) electrons. The molecular formula is C20H25N3O3S. The maximum Gasteiger partial charge on any atom is 0.309 e. The molecule has 0 fully saturated rings. The van der Waals surface area contributed by atoms with E-state index in [1.54, 1.807) is 18.4 Å². The summed E-state index contributed by atoms with van der Waals surface area (Å²) in [6.07, 6.45) is 0.988. The van der Waals surface area contributed by atoms with Crippen LogP contribution in [0.5, 0.6) is 0 Å². The van der Waals surface area contributed by atoms with Gasteiger partial charge in [-0.1, -0.05) is 24.3 Å². The second kappa shape index (κ2) is 9.64. The van der Waals surface area contributed by atoms with E-state index in [1.165, 1.54) is 16.7 Å². The Bertz CT molecular complexity index is 764. The second-order valence-electron chi connectivity index (χ2n) is 6.52. The lowest BCUT2D eigenvalue weighted by atomic mass is 9.97. The number of benzene rings is 1. The van der Waals surface area contributed by atoms with E-state index in [0.717, 1.165) is 19.5 Å². The fourth-order valence-corrected chi connectivity index (χ4v) is 4.03. The van der Waals surface area contributed by atoms with Gasteiger partial charge in [0.05, 0.1) is 12.6 Å². The summed E-state index contributed by atoms with van der Waals surface area (Å²) in [7, 11) is 1.55. The highest BCUT2D eigenvalue weighted by atomic mass is 32.1. The molecule has 2 N–H and O–H groups in total. The lowest BCUT2D eigenvalue weighted by Gasteiger charge is -2.35. The van der Waals surface area contributed by atoms with Crippen molar-refractivity contribution in [3.8, 4) is 0 Å². The van der Waals surface area contributed by atoms with Gasteiger partial charge in [0.15, 0.2) is 0 Å². The number of rotatable bonds is 7. The van der Waals surface area contributed by atoms with Gasteiger partial charge in [-0.25, -0.2) is 0 Å². The van der Waals surface area contributed by atoms with Crippen LogP contribution in [0.3, 0.4) is 0 Å².